The summed E-state index contributed by atoms with van der Waals surface area (Å²) in [5, 5.41) is 0.495. The molecule has 2 aromatic carbocycles. The molecule has 0 saturated heterocycles. The second-order valence-corrected chi connectivity index (χ2v) is 7.59. The molecule has 3 rings (SSSR count). The van der Waals surface area contributed by atoms with E-state index in [1.54, 1.807) is 12.1 Å². The average Bonchev–Trinajstić information content (AvgIpc) is 2.82. The Morgan fingerprint density at radius 1 is 1.00 bits per heavy atom. The van der Waals surface area contributed by atoms with E-state index in [1.165, 1.54) is 16.7 Å². The van der Waals surface area contributed by atoms with Crippen LogP contribution in [0.1, 0.15) is 23.6 Å². The Bertz CT molecular complexity index is 887. The van der Waals surface area contributed by atoms with Crippen molar-refractivity contribution in [3.05, 3.63) is 69.1 Å². The second kappa shape index (κ2) is 7.06. The van der Waals surface area contributed by atoms with Gasteiger partial charge in [-0.2, -0.15) is 0 Å². The van der Waals surface area contributed by atoms with Crippen LogP contribution in [0.4, 0.5) is 5.69 Å². The van der Waals surface area contributed by atoms with Gasteiger partial charge in [-0.05, 0) is 42.9 Å². The van der Waals surface area contributed by atoms with Crippen molar-refractivity contribution in [2.45, 2.75) is 20.8 Å². The quantitative estimate of drug-likeness (QED) is 0.710. The fourth-order valence-electron chi connectivity index (χ4n) is 2.80. The molecular weight excluding hydrogens is 354 g/mol. The Morgan fingerprint density at radius 2 is 1.68 bits per heavy atom. The monoisotopic (exact) mass is 371 g/mol. The van der Waals surface area contributed by atoms with Crippen molar-refractivity contribution in [3.8, 4) is 0 Å². The highest BCUT2D eigenvalue weighted by molar-refractivity contribution is 8.04. The van der Waals surface area contributed by atoms with E-state index in [-0.39, 0.29) is 11.8 Å². The Labute approximate surface area is 156 Å². The van der Waals surface area contributed by atoms with E-state index in [0.29, 0.717) is 26.9 Å². The standard InChI is InChI=1S/C20H18ClNO2S/c1-4-25-18-17(14-8-5-12(2)6-9-14)19(23)22(20(18)24)16-11-15(21)10-7-13(16)3/h5-11H,4H2,1-3H3. The molecule has 0 unspecified atom stereocenters. The van der Waals surface area contributed by atoms with Crippen LogP contribution in [-0.2, 0) is 9.59 Å². The van der Waals surface area contributed by atoms with Gasteiger partial charge in [-0.3, -0.25) is 9.59 Å². The summed E-state index contributed by atoms with van der Waals surface area (Å²) in [7, 11) is 0. The number of carbonyl (C=O) groups is 2. The minimum Gasteiger partial charge on any atom is -0.268 e. The number of hydrogen-bond donors (Lipinski definition) is 0. The van der Waals surface area contributed by atoms with E-state index < -0.39 is 0 Å². The van der Waals surface area contributed by atoms with Gasteiger partial charge in [0, 0.05) is 5.02 Å². The van der Waals surface area contributed by atoms with Crippen molar-refractivity contribution in [2.75, 3.05) is 10.7 Å². The lowest BCUT2D eigenvalue weighted by Crippen LogP contribution is -2.32. The van der Waals surface area contributed by atoms with Gasteiger partial charge in [0.15, 0.2) is 0 Å². The predicted molar refractivity (Wildman–Crippen MR) is 105 cm³/mol. The largest absolute Gasteiger partial charge is 0.272 e. The van der Waals surface area contributed by atoms with Crippen LogP contribution in [0.3, 0.4) is 0 Å². The summed E-state index contributed by atoms with van der Waals surface area (Å²) in [6.45, 7) is 5.82. The lowest BCUT2D eigenvalue weighted by molar-refractivity contribution is -0.119. The predicted octanol–water partition coefficient (Wildman–Crippen LogP) is 4.99. The summed E-state index contributed by atoms with van der Waals surface area (Å²) in [6.07, 6.45) is 0. The van der Waals surface area contributed by atoms with Crippen LogP contribution in [0.5, 0.6) is 0 Å². The zero-order valence-electron chi connectivity index (χ0n) is 14.3. The Morgan fingerprint density at radius 3 is 2.32 bits per heavy atom. The highest BCUT2D eigenvalue weighted by Crippen LogP contribution is 2.39. The third-order valence-corrected chi connectivity index (χ3v) is 5.27. The summed E-state index contributed by atoms with van der Waals surface area (Å²) in [6, 6.07) is 12.9. The van der Waals surface area contributed by atoms with Crippen LogP contribution >= 0.6 is 23.4 Å². The molecular formula is C20H18ClNO2S. The zero-order valence-corrected chi connectivity index (χ0v) is 15.9. The summed E-state index contributed by atoms with van der Waals surface area (Å²) >= 11 is 7.49. The van der Waals surface area contributed by atoms with E-state index >= 15 is 0 Å². The van der Waals surface area contributed by atoms with Gasteiger partial charge >= 0.3 is 0 Å². The van der Waals surface area contributed by atoms with Gasteiger partial charge in [-0.1, -0.05) is 54.4 Å². The van der Waals surface area contributed by atoms with Gasteiger partial charge < -0.3 is 0 Å². The highest BCUT2D eigenvalue weighted by atomic mass is 35.5. The number of benzene rings is 2. The second-order valence-electron chi connectivity index (χ2n) is 5.88. The average molecular weight is 372 g/mol. The normalized spacial score (nSPS) is 14.6. The smallest absolute Gasteiger partial charge is 0.268 e. The first kappa shape index (κ1) is 17.8. The number of amides is 2. The SMILES string of the molecule is CCSC1=C(c2ccc(C)cc2)C(=O)N(c2cc(Cl)ccc2C)C1=O. The molecule has 128 valence electrons. The summed E-state index contributed by atoms with van der Waals surface area (Å²) in [4.78, 5) is 27.9. The molecule has 0 saturated carbocycles. The molecule has 0 bridgehead atoms. The molecule has 0 atom stereocenters. The molecule has 0 spiro atoms. The van der Waals surface area contributed by atoms with Crippen molar-refractivity contribution in [2.24, 2.45) is 0 Å². The molecule has 1 aliphatic rings. The molecule has 0 N–H and O–H groups in total. The molecule has 0 aliphatic carbocycles. The fourth-order valence-corrected chi connectivity index (χ4v) is 3.82. The van der Waals surface area contributed by atoms with Crippen LogP contribution in [0.25, 0.3) is 5.57 Å². The van der Waals surface area contributed by atoms with Crippen LogP contribution in [0.2, 0.25) is 5.02 Å². The van der Waals surface area contributed by atoms with Crippen molar-refractivity contribution in [3.63, 3.8) is 0 Å². The molecule has 0 fully saturated rings. The van der Waals surface area contributed by atoms with E-state index in [9.17, 15) is 9.59 Å². The van der Waals surface area contributed by atoms with Crippen LogP contribution < -0.4 is 4.90 Å². The molecule has 0 aromatic heterocycles. The number of imide groups is 1. The van der Waals surface area contributed by atoms with E-state index in [4.69, 9.17) is 11.6 Å². The number of rotatable bonds is 4. The number of nitrogens with zero attached hydrogens (tertiary/aromatic N) is 1. The van der Waals surface area contributed by atoms with Crippen molar-refractivity contribution < 1.29 is 9.59 Å². The first-order chi connectivity index (χ1) is 11.9. The Hall–Kier alpha value is -2.04. The number of anilines is 1. The first-order valence-corrected chi connectivity index (χ1v) is 9.39. The van der Waals surface area contributed by atoms with Gasteiger partial charge in [-0.15, -0.1) is 11.8 Å². The maximum Gasteiger partial charge on any atom is 0.272 e. The molecule has 1 heterocycles. The lowest BCUT2D eigenvalue weighted by atomic mass is 10.0. The van der Waals surface area contributed by atoms with E-state index in [0.717, 1.165) is 16.7 Å². The third-order valence-electron chi connectivity index (χ3n) is 4.08. The minimum absolute atomic E-state index is 0.280. The Kier molecular flexibility index (Phi) is 5.02. The van der Waals surface area contributed by atoms with Gasteiger partial charge in [0.1, 0.15) is 0 Å². The summed E-state index contributed by atoms with van der Waals surface area (Å²) in [5.41, 5.74) is 3.71. The Balaban J connectivity index is 2.13. The molecule has 2 amide bonds. The molecule has 5 heteroatoms. The van der Waals surface area contributed by atoms with Crippen LogP contribution in [-0.4, -0.2) is 17.6 Å². The third kappa shape index (κ3) is 3.24. The number of carbonyl (C=O) groups excluding carboxylic acids is 2. The summed E-state index contributed by atoms with van der Waals surface area (Å²) < 4.78 is 0. The number of thioether (sulfide) groups is 1. The molecule has 2 aromatic rings. The van der Waals surface area contributed by atoms with Gasteiger partial charge in [0.25, 0.3) is 11.8 Å². The molecule has 1 aliphatic heterocycles. The van der Waals surface area contributed by atoms with Crippen molar-refractivity contribution in [1.29, 1.82) is 0 Å². The first-order valence-electron chi connectivity index (χ1n) is 8.03. The van der Waals surface area contributed by atoms with Gasteiger partial charge in [-0.25, -0.2) is 4.90 Å². The van der Waals surface area contributed by atoms with Crippen LogP contribution in [0, 0.1) is 13.8 Å². The number of aryl methyl sites for hydroxylation is 2. The fraction of sp³-hybridized carbons (Fsp3) is 0.200. The summed E-state index contributed by atoms with van der Waals surface area (Å²) in [5.74, 6) is 0.138. The molecule has 0 radical (unpaired) electrons. The van der Waals surface area contributed by atoms with Gasteiger partial charge in [0.2, 0.25) is 0 Å². The molecule has 25 heavy (non-hydrogen) atoms. The number of hydrogen-bond acceptors (Lipinski definition) is 3. The topological polar surface area (TPSA) is 37.4 Å². The van der Waals surface area contributed by atoms with E-state index in [2.05, 4.69) is 0 Å². The van der Waals surface area contributed by atoms with E-state index in [1.807, 2.05) is 51.1 Å². The highest BCUT2D eigenvalue weighted by Gasteiger charge is 2.40. The minimum atomic E-state index is -0.296. The maximum absolute atomic E-state index is 13.1. The molecule has 3 nitrogen and oxygen atoms in total. The number of halogens is 1. The lowest BCUT2D eigenvalue weighted by Gasteiger charge is -2.18. The van der Waals surface area contributed by atoms with Gasteiger partial charge in [0.05, 0.1) is 16.2 Å². The van der Waals surface area contributed by atoms with Crippen molar-refractivity contribution >= 4 is 46.4 Å². The zero-order chi connectivity index (χ0) is 18.1. The van der Waals surface area contributed by atoms with Crippen LogP contribution in [0.15, 0.2) is 47.4 Å². The van der Waals surface area contributed by atoms with Crippen molar-refractivity contribution in [1.82, 2.24) is 0 Å². The maximum atomic E-state index is 13.1.